The quantitative estimate of drug-likeness (QED) is 0.287. The molecule has 0 atom stereocenters. The van der Waals surface area contributed by atoms with Gasteiger partial charge in [-0.1, -0.05) is 24.1 Å². The van der Waals surface area contributed by atoms with Crippen LogP contribution in [0.1, 0.15) is 13.3 Å². The molecule has 0 spiro atoms. The first-order valence-corrected chi connectivity index (χ1v) is 8.78. The fraction of sp³-hybridized carbons (Fsp3) is 0.474. The molecule has 7 heteroatoms. The predicted molar refractivity (Wildman–Crippen MR) is 118 cm³/mol. The van der Waals surface area contributed by atoms with E-state index in [2.05, 4.69) is 38.6 Å². The van der Waals surface area contributed by atoms with Gasteiger partial charge in [0, 0.05) is 44.8 Å². The van der Waals surface area contributed by atoms with Crippen LogP contribution in [0.4, 0.5) is 5.69 Å². The third kappa shape index (κ3) is 7.12. The van der Waals surface area contributed by atoms with Crippen LogP contribution in [0, 0.1) is 12.3 Å². The van der Waals surface area contributed by atoms with Gasteiger partial charge in [-0.3, -0.25) is 9.79 Å². The number of hydrogen-bond donors (Lipinski definition) is 2. The molecule has 0 aromatic heterocycles. The summed E-state index contributed by atoms with van der Waals surface area (Å²) in [5.74, 6) is 3.32. The number of guanidine groups is 1. The summed E-state index contributed by atoms with van der Waals surface area (Å²) in [6.07, 6.45) is 5.66. The Morgan fingerprint density at radius 2 is 1.88 bits per heavy atom. The molecular weight excluding hydrogens is 441 g/mol. The van der Waals surface area contributed by atoms with Crippen molar-refractivity contribution in [3.63, 3.8) is 0 Å². The summed E-state index contributed by atoms with van der Waals surface area (Å²) in [4.78, 5) is 21.0. The average Bonchev–Trinajstić information content (AvgIpc) is 2.67. The Balaban J connectivity index is 0.00000338. The number of halogens is 1. The second kappa shape index (κ2) is 12.4. The fourth-order valence-corrected chi connectivity index (χ4v) is 2.75. The van der Waals surface area contributed by atoms with Crippen molar-refractivity contribution in [1.29, 1.82) is 0 Å². The molecule has 1 aromatic carbocycles. The van der Waals surface area contributed by atoms with Crippen LogP contribution in [0.15, 0.2) is 35.3 Å². The Morgan fingerprint density at radius 1 is 1.19 bits per heavy atom. The van der Waals surface area contributed by atoms with Gasteiger partial charge in [0.1, 0.15) is 0 Å². The molecule has 1 aromatic rings. The minimum absolute atomic E-state index is 0. The van der Waals surface area contributed by atoms with Crippen LogP contribution in [0.3, 0.4) is 0 Å². The van der Waals surface area contributed by atoms with Gasteiger partial charge >= 0.3 is 0 Å². The van der Waals surface area contributed by atoms with E-state index < -0.39 is 0 Å². The number of aliphatic imine (C=N–C) groups is 1. The van der Waals surface area contributed by atoms with E-state index in [9.17, 15) is 4.79 Å². The normalized spacial score (nSPS) is 14.2. The van der Waals surface area contributed by atoms with Crippen molar-refractivity contribution in [3.8, 4) is 12.3 Å². The maximum Gasteiger partial charge on any atom is 0.224 e. The first kappa shape index (κ1) is 22.1. The molecule has 142 valence electrons. The van der Waals surface area contributed by atoms with Crippen LogP contribution in [0.2, 0.25) is 0 Å². The van der Waals surface area contributed by atoms with E-state index in [1.807, 2.05) is 30.0 Å². The molecule has 0 radical (unpaired) electrons. The van der Waals surface area contributed by atoms with Gasteiger partial charge in [0.15, 0.2) is 5.96 Å². The number of piperazine rings is 1. The van der Waals surface area contributed by atoms with Gasteiger partial charge in [0.25, 0.3) is 0 Å². The van der Waals surface area contributed by atoms with E-state index in [1.165, 1.54) is 5.69 Å². The number of carbonyl (C=O) groups excluding carboxylic acids is 1. The highest BCUT2D eigenvalue weighted by Crippen LogP contribution is 2.15. The molecule has 2 N–H and O–H groups in total. The first-order chi connectivity index (χ1) is 12.2. The highest BCUT2D eigenvalue weighted by Gasteiger charge is 2.20. The topological polar surface area (TPSA) is 60.0 Å². The zero-order valence-corrected chi connectivity index (χ0v) is 17.6. The van der Waals surface area contributed by atoms with Crippen molar-refractivity contribution in [2.45, 2.75) is 13.3 Å². The van der Waals surface area contributed by atoms with Gasteiger partial charge in [-0.25, -0.2) is 0 Å². The second-order valence-electron chi connectivity index (χ2n) is 5.77. The Kier molecular flexibility index (Phi) is 10.5. The minimum Gasteiger partial charge on any atom is -0.368 e. The monoisotopic (exact) mass is 469 g/mol. The highest BCUT2D eigenvalue weighted by atomic mass is 127. The Morgan fingerprint density at radius 3 is 2.50 bits per heavy atom. The number of nitrogens with zero attached hydrogens (tertiary/aromatic N) is 3. The van der Waals surface area contributed by atoms with E-state index >= 15 is 0 Å². The second-order valence-corrected chi connectivity index (χ2v) is 5.77. The molecule has 0 saturated carbocycles. The Hall–Kier alpha value is -1.95. The fourth-order valence-electron chi connectivity index (χ4n) is 2.75. The molecule has 0 unspecified atom stereocenters. The number of rotatable bonds is 6. The molecule has 26 heavy (non-hydrogen) atoms. The summed E-state index contributed by atoms with van der Waals surface area (Å²) < 4.78 is 0. The third-order valence-corrected chi connectivity index (χ3v) is 4.05. The largest absolute Gasteiger partial charge is 0.368 e. The van der Waals surface area contributed by atoms with Crippen LogP contribution in [0.25, 0.3) is 0 Å². The minimum atomic E-state index is 0. The zero-order valence-electron chi connectivity index (χ0n) is 15.3. The Labute approximate surface area is 173 Å². The molecule has 1 aliphatic heterocycles. The van der Waals surface area contributed by atoms with Crippen molar-refractivity contribution < 1.29 is 4.79 Å². The molecule has 6 nitrogen and oxygen atoms in total. The molecule has 1 amide bonds. The highest BCUT2D eigenvalue weighted by molar-refractivity contribution is 14.0. The summed E-state index contributed by atoms with van der Waals surface area (Å²) in [6, 6.07) is 10.3. The van der Waals surface area contributed by atoms with E-state index in [0.717, 1.165) is 32.7 Å². The van der Waals surface area contributed by atoms with Gasteiger partial charge < -0.3 is 20.4 Å². The Bertz CT molecular complexity index is 606. The van der Waals surface area contributed by atoms with E-state index in [0.29, 0.717) is 25.5 Å². The lowest BCUT2D eigenvalue weighted by Crippen LogP contribution is -2.49. The lowest BCUT2D eigenvalue weighted by molar-refractivity contribution is -0.131. The maximum absolute atomic E-state index is 12.4. The third-order valence-electron chi connectivity index (χ3n) is 4.05. The molecule has 1 heterocycles. The molecule has 1 saturated heterocycles. The summed E-state index contributed by atoms with van der Waals surface area (Å²) in [5, 5.41) is 6.13. The van der Waals surface area contributed by atoms with Crippen LogP contribution in [-0.4, -0.2) is 62.6 Å². The predicted octanol–water partition coefficient (Wildman–Crippen LogP) is 1.53. The molecule has 1 fully saturated rings. The molecular formula is C19H28IN5O. The standard InChI is InChI=1S/C19H27N5O.HI/c1-3-11-21-19(20-4-2)22-12-10-18(25)24-15-13-23(14-16-24)17-8-6-5-7-9-17;/h1,5-9H,4,10-16H2,2H3,(H2,20,21,22);1H. The number of anilines is 1. The summed E-state index contributed by atoms with van der Waals surface area (Å²) in [6.45, 7) is 6.87. The zero-order chi connectivity index (χ0) is 17.9. The van der Waals surface area contributed by atoms with Crippen molar-refractivity contribution in [1.82, 2.24) is 15.5 Å². The number of amides is 1. The number of benzene rings is 1. The molecule has 0 aliphatic carbocycles. The first-order valence-electron chi connectivity index (χ1n) is 8.78. The van der Waals surface area contributed by atoms with Gasteiger partial charge in [0.2, 0.25) is 5.91 Å². The molecule has 2 rings (SSSR count). The van der Waals surface area contributed by atoms with Crippen molar-refractivity contribution in [2.24, 2.45) is 4.99 Å². The number of hydrogen-bond acceptors (Lipinski definition) is 3. The van der Waals surface area contributed by atoms with Crippen LogP contribution in [0.5, 0.6) is 0 Å². The number of para-hydroxylation sites is 1. The van der Waals surface area contributed by atoms with Gasteiger partial charge in [-0.2, -0.15) is 0 Å². The SMILES string of the molecule is C#CCNC(=NCCC(=O)N1CCN(c2ccccc2)CC1)NCC.I. The number of terminal acetylenes is 1. The maximum atomic E-state index is 12.4. The molecule has 0 bridgehead atoms. The smallest absolute Gasteiger partial charge is 0.224 e. The summed E-state index contributed by atoms with van der Waals surface area (Å²) in [7, 11) is 0. The van der Waals surface area contributed by atoms with Gasteiger partial charge in [-0.15, -0.1) is 30.4 Å². The van der Waals surface area contributed by atoms with Crippen LogP contribution in [-0.2, 0) is 4.79 Å². The molecule has 1 aliphatic rings. The van der Waals surface area contributed by atoms with Gasteiger partial charge in [-0.05, 0) is 19.1 Å². The van der Waals surface area contributed by atoms with Crippen LogP contribution < -0.4 is 15.5 Å². The summed E-state index contributed by atoms with van der Waals surface area (Å²) in [5.41, 5.74) is 1.22. The van der Waals surface area contributed by atoms with Crippen molar-refractivity contribution in [2.75, 3.05) is 50.7 Å². The van der Waals surface area contributed by atoms with Crippen molar-refractivity contribution >= 4 is 41.5 Å². The average molecular weight is 469 g/mol. The number of carbonyl (C=O) groups is 1. The van der Waals surface area contributed by atoms with Crippen molar-refractivity contribution in [3.05, 3.63) is 30.3 Å². The van der Waals surface area contributed by atoms with E-state index in [-0.39, 0.29) is 29.9 Å². The summed E-state index contributed by atoms with van der Waals surface area (Å²) >= 11 is 0. The van der Waals surface area contributed by atoms with E-state index in [1.54, 1.807) is 0 Å². The van der Waals surface area contributed by atoms with Crippen LogP contribution >= 0.6 is 24.0 Å². The lowest BCUT2D eigenvalue weighted by Gasteiger charge is -2.36. The number of nitrogens with one attached hydrogen (secondary N) is 2. The van der Waals surface area contributed by atoms with Gasteiger partial charge in [0.05, 0.1) is 13.1 Å². The van der Waals surface area contributed by atoms with E-state index in [4.69, 9.17) is 6.42 Å². The lowest BCUT2D eigenvalue weighted by atomic mass is 10.2.